The number of benzene rings is 1. The molecule has 0 aliphatic carbocycles. The molecule has 5 heteroatoms. The van der Waals surface area contributed by atoms with E-state index in [2.05, 4.69) is 6.07 Å². The van der Waals surface area contributed by atoms with Crippen LogP contribution >= 0.6 is 11.3 Å². The predicted molar refractivity (Wildman–Crippen MR) is 113 cm³/mol. The number of rotatable bonds is 9. The van der Waals surface area contributed by atoms with Crippen molar-refractivity contribution < 1.29 is 14.7 Å². The monoisotopic (exact) mass is 397 g/mol. The van der Waals surface area contributed by atoms with Crippen LogP contribution < -0.4 is 0 Å². The Bertz CT molecular complexity index is 842. The van der Waals surface area contributed by atoms with Crippen molar-refractivity contribution in [1.29, 1.82) is 0 Å². The minimum Gasteiger partial charge on any atom is -0.389 e. The molecule has 0 saturated carbocycles. The van der Waals surface area contributed by atoms with Gasteiger partial charge in [0, 0.05) is 24.3 Å². The van der Waals surface area contributed by atoms with E-state index in [-0.39, 0.29) is 11.9 Å². The van der Waals surface area contributed by atoms with Gasteiger partial charge in [0.25, 0.3) is 0 Å². The highest BCUT2D eigenvalue weighted by Crippen LogP contribution is 2.22. The van der Waals surface area contributed by atoms with Gasteiger partial charge in [-0.15, -0.1) is 11.3 Å². The molecule has 1 aromatic carbocycles. The molecule has 1 aliphatic heterocycles. The molecule has 0 radical (unpaired) electrons. The number of amides is 1. The van der Waals surface area contributed by atoms with Crippen molar-refractivity contribution in [2.24, 2.45) is 0 Å². The van der Waals surface area contributed by atoms with Crippen molar-refractivity contribution in [3.8, 4) is 0 Å². The number of thiophene rings is 1. The summed E-state index contributed by atoms with van der Waals surface area (Å²) in [4.78, 5) is 26.9. The molecule has 3 rings (SSSR count). The van der Waals surface area contributed by atoms with Crippen molar-refractivity contribution in [1.82, 2.24) is 4.90 Å². The van der Waals surface area contributed by atoms with Crippen LogP contribution in [0.4, 0.5) is 0 Å². The first-order valence-electron chi connectivity index (χ1n) is 9.80. The highest BCUT2D eigenvalue weighted by molar-refractivity contribution is 7.13. The lowest BCUT2D eigenvalue weighted by Gasteiger charge is -2.22. The number of aldehydes is 1. The lowest BCUT2D eigenvalue weighted by molar-refractivity contribution is -0.128. The maximum absolute atomic E-state index is 12.2. The first kappa shape index (κ1) is 20.5. The number of nitrogens with zero attached hydrogens (tertiary/aromatic N) is 1. The van der Waals surface area contributed by atoms with Crippen molar-refractivity contribution in [2.75, 3.05) is 6.54 Å². The van der Waals surface area contributed by atoms with Gasteiger partial charge in [-0.05, 0) is 43.9 Å². The molecule has 0 unspecified atom stereocenters. The fraction of sp³-hybridized carbons (Fsp3) is 0.391. The zero-order valence-electron chi connectivity index (χ0n) is 16.2. The Labute approximate surface area is 170 Å². The second-order valence-electron chi connectivity index (χ2n) is 7.36. The highest BCUT2D eigenvalue weighted by Gasteiger charge is 2.28. The number of hydrogen-bond acceptors (Lipinski definition) is 4. The van der Waals surface area contributed by atoms with Crippen molar-refractivity contribution in [3.05, 3.63) is 69.4 Å². The highest BCUT2D eigenvalue weighted by atomic mass is 32.1. The summed E-state index contributed by atoms with van der Waals surface area (Å²) in [6, 6.07) is 12.1. The van der Waals surface area contributed by atoms with E-state index in [1.165, 1.54) is 21.8 Å². The Hall–Kier alpha value is -2.24. The Balaban J connectivity index is 1.51. The summed E-state index contributed by atoms with van der Waals surface area (Å²) in [6.07, 6.45) is 7.84. The minimum atomic E-state index is -0.549. The topological polar surface area (TPSA) is 57.6 Å². The van der Waals surface area contributed by atoms with Crippen molar-refractivity contribution >= 4 is 23.5 Å². The molecule has 2 aromatic rings. The van der Waals surface area contributed by atoms with Crippen LogP contribution in [0.3, 0.4) is 0 Å². The summed E-state index contributed by atoms with van der Waals surface area (Å²) in [5.41, 5.74) is 2.30. The van der Waals surface area contributed by atoms with Crippen LogP contribution in [0, 0.1) is 6.92 Å². The fourth-order valence-corrected chi connectivity index (χ4v) is 4.54. The quantitative estimate of drug-likeness (QED) is 0.515. The van der Waals surface area contributed by atoms with Gasteiger partial charge in [-0.1, -0.05) is 42.0 Å². The fourth-order valence-electron chi connectivity index (χ4n) is 3.67. The van der Waals surface area contributed by atoms with E-state index in [4.69, 9.17) is 0 Å². The predicted octanol–water partition coefficient (Wildman–Crippen LogP) is 3.95. The smallest absolute Gasteiger partial charge is 0.223 e. The summed E-state index contributed by atoms with van der Waals surface area (Å²) < 4.78 is 0. The summed E-state index contributed by atoms with van der Waals surface area (Å²) in [5, 5.41) is 10.3. The minimum absolute atomic E-state index is 0.0635. The van der Waals surface area contributed by atoms with Crippen molar-refractivity contribution in [2.45, 2.75) is 51.2 Å². The molecular formula is C23H27NO3S. The first-order valence-corrected chi connectivity index (χ1v) is 10.6. The van der Waals surface area contributed by atoms with Gasteiger partial charge in [-0.3, -0.25) is 9.59 Å². The SMILES string of the molecule is Cc1cccc(C[C@H](O)C=C[C@H]2CCC(=O)N2CCCc2ccc(C=O)s2)c1. The average molecular weight is 398 g/mol. The average Bonchev–Trinajstić information content (AvgIpc) is 3.27. The summed E-state index contributed by atoms with van der Waals surface area (Å²) in [7, 11) is 0. The molecule has 1 saturated heterocycles. The molecule has 0 spiro atoms. The second kappa shape index (κ2) is 9.80. The van der Waals surface area contributed by atoms with Gasteiger partial charge in [-0.2, -0.15) is 0 Å². The molecule has 2 atom stereocenters. The maximum atomic E-state index is 12.2. The Morgan fingerprint density at radius 3 is 2.93 bits per heavy atom. The van der Waals surface area contributed by atoms with Crippen LogP contribution in [0.5, 0.6) is 0 Å². The van der Waals surface area contributed by atoms with Crippen LogP contribution in [0.1, 0.15) is 44.9 Å². The molecule has 1 aromatic heterocycles. The number of carbonyl (C=O) groups is 2. The molecule has 2 heterocycles. The van der Waals surface area contributed by atoms with Crippen molar-refractivity contribution in [3.63, 3.8) is 0 Å². The van der Waals surface area contributed by atoms with Crippen LogP contribution in [-0.2, 0) is 17.6 Å². The van der Waals surface area contributed by atoms with E-state index >= 15 is 0 Å². The number of carbonyl (C=O) groups excluding carboxylic acids is 2. The summed E-state index contributed by atoms with van der Waals surface area (Å²) in [6.45, 7) is 2.75. The molecular weight excluding hydrogens is 370 g/mol. The molecule has 1 aliphatic rings. The molecule has 4 nitrogen and oxygen atoms in total. The van der Waals surface area contributed by atoms with Gasteiger partial charge in [0.2, 0.25) is 5.91 Å². The van der Waals surface area contributed by atoms with Gasteiger partial charge in [0.15, 0.2) is 6.29 Å². The number of aryl methyl sites for hydroxylation is 2. The molecule has 148 valence electrons. The first-order chi connectivity index (χ1) is 13.5. The second-order valence-corrected chi connectivity index (χ2v) is 8.56. The largest absolute Gasteiger partial charge is 0.389 e. The van der Waals surface area contributed by atoms with E-state index in [0.717, 1.165) is 36.0 Å². The van der Waals surface area contributed by atoms with Gasteiger partial charge >= 0.3 is 0 Å². The van der Waals surface area contributed by atoms with Gasteiger partial charge in [0.05, 0.1) is 17.0 Å². The molecule has 1 fully saturated rings. The maximum Gasteiger partial charge on any atom is 0.223 e. The van der Waals surface area contributed by atoms with Gasteiger partial charge in [-0.25, -0.2) is 0 Å². The Morgan fingerprint density at radius 1 is 1.32 bits per heavy atom. The van der Waals surface area contributed by atoms with E-state index < -0.39 is 6.10 Å². The van der Waals surface area contributed by atoms with E-state index in [0.29, 0.717) is 19.4 Å². The van der Waals surface area contributed by atoms with Crippen LogP contribution in [0.25, 0.3) is 0 Å². The third-order valence-electron chi connectivity index (χ3n) is 5.08. The van der Waals surface area contributed by atoms with Crippen LogP contribution in [0.2, 0.25) is 0 Å². The van der Waals surface area contributed by atoms with E-state index in [9.17, 15) is 14.7 Å². The number of aliphatic hydroxyl groups is 1. The van der Waals surface area contributed by atoms with Gasteiger partial charge in [0.1, 0.15) is 0 Å². The third kappa shape index (κ3) is 5.63. The number of hydrogen-bond donors (Lipinski definition) is 1. The normalized spacial score (nSPS) is 18.1. The zero-order chi connectivity index (χ0) is 19.9. The van der Waals surface area contributed by atoms with E-state index in [1.54, 1.807) is 0 Å². The van der Waals surface area contributed by atoms with Crippen LogP contribution in [-0.4, -0.2) is 40.9 Å². The summed E-state index contributed by atoms with van der Waals surface area (Å²) >= 11 is 1.51. The molecule has 28 heavy (non-hydrogen) atoms. The lowest BCUT2D eigenvalue weighted by atomic mass is 10.0. The Kier molecular flexibility index (Phi) is 7.18. The van der Waals surface area contributed by atoms with E-state index in [1.807, 2.05) is 54.3 Å². The summed E-state index contributed by atoms with van der Waals surface area (Å²) in [5.74, 6) is 0.183. The molecule has 1 N–H and O–H groups in total. The number of likely N-dealkylation sites (tertiary alicyclic amines) is 1. The van der Waals surface area contributed by atoms with Crippen LogP contribution in [0.15, 0.2) is 48.6 Å². The third-order valence-corrected chi connectivity index (χ3v) is 6.15. The standard InChI is InChI=1S/C23H27NO3S/c1-17-4-2-5-18(14-17)15-20(26)9-7-19-8-12-23(27)24(19)13-3-6-21-10-11-22(16-25)28-21/h2,4-5,7,9-11,14,16,19-20,26H,3,6,8,12-13,15H2,1H3/t19-,20+/m0/s1. The lowest BCUT2D eigenvalue weighted by Crippen LogP contribution is -2.33. The zero-order valence-corrected chi connectivity index (χ0v) is 17.0. The Morgan fingerprint density at radius 2 is 2.18 bits per heavy atom. The molecule has 0 bridgehead atoms. The van der Waals surface area contributed by atoms with Gasteiger partial charge < -0.3 is 10.0 Å². The number of aliphatic hydroxyl groups excluding tert-OH is 1. The molecule has 1 amide bonds.